The maximum Gasteiger partial charge on any atom is 0.573 e. The average molecular weight is 535 g/mol. The van der Waals surface area contributed by atoms with Gasteiger partial charge >= 0.3 is 6.36 Å². The second-order valence-corrected chi connectivity index (χ2v) is 8.06. The fourth-order valence-corrected chi connectivity index (χ4v) is 4.15. The van der Waals surface area contributed by atoms with Crippen LogP contribution < -0.4 is 19.1 Å². The van der Waals surface area contributed by atoms with Crippen LogP contribution in [0.15, 0.2) is 66.4 Å². The SMILES string of the molecule is COc1cc(/C(O)=C2\C(=O)C(=O)N(c3ccc(OC(F)(F)F)cc3)C2c2ccccn2)c(OC)cc1Cl. The Kier molecular flexibility index (Phi) is 6.99. The van der Waals surface area contributed by atoms with Crippen LogP contribution in [-0.4, -0.2) is 42.4 Å². The number of methoxy groups -OCH3 is 2. The van der Waals surface area contributed by atoms with Crippen LogP contribution in [0.3, 0.4) is 0 Å². The summed E-state index contributed by atoms with van der Waals surface area (Å²) in [7, 11) is 2.69. The summed E-state index contributed by atoms with van der Waals surface area (Å²) in [6, 6.07) is 10.7. The van der Waals surface area contributed by atoms with Crippen molar-refractivity contribution in [3.05, 3.63) is 82.6 Å². The third-order valence-corrected chi connectivity index (χ3v) is 5.79. The van der Waals surface area contributed by atoms with Crippen LogP contribution in [0.4, 0.5) is 18.9 Å². The van der Waals surface area contributed by atoms with E-state index in [1.807, 2.05) is 0 Å². The molecule has 2 aromatic carbocycles. The number of alkyl halides is 3. The van der Waals surface area contributed by atoms with E-state index in [2.05, 4.69) is 9.72 Å². The van der Waals surface area contributed by atoms with Crippen molar-refractivity contribution >= 4 is 34.7 Å². The molecule has 0 saturated carbocycles. The predicted molar refractivity (Wildman–Crippen MR) is 127 cm³/mol. The standard InChI is InChI=1S/C25H18ClF3N2O6/c1-35-18-12-16(26)19(36-2)11-15(18)22(32)20-21(17-5-3-4-10-30-17)31(24(34)23(20)33)13-6-8-14(9-7-13)37-25(27,28)29/h3-12,21,32H,1-2H3/b22-20+. The van der Waals surface area contributed by atoms with E-state index < -0.39 is 35.6 Å². The normalized spacial score (nSPS) is 17.1. The van der Waals surface area contributed by atoms with Crippen molar-refractivity contribution in [2.24, 2.45) is 0 Å². The number of hydrogen-bond donors (Lipinski definition) is 1. The minimum Gasteiger partial charge on any atom is -0.507 e. The molecule has 0 bridgehead atoms. The van der Waals surface area contributed by atoms with Gasteiger partial charge in [0.1, 0.15) is 29.0 Å². The third kappa shape index (κ3) is 5.03. The number of Topliss-reactive ketones (excluding diaryl/α,β-unsaturated/α-hetero) is 1. The molecule has 1 unspecified atom stereocenters. The number of carbonyl (C=O) groups is 2. The van der Waals surface area contributed by atoms with Crippen molar-refractivity contribution in [2.75, 3.05) is 19.1 Å². The quantitative estimate of drug-likeness (QED) is 0.261. The summed E-state index contributed by atoms with van der Waals surface area (Å²) < 4.78 is 52.1. The van der Waals surface area contributed by atoms with Gasteiger partial charge in [-0.05, 0) is 42.5 Å². The Labute approximate surface area is 213 Å². The molecule has 4 rings (SSSR count). The maximum atomic E-state index is 13.3. The zero-order valence-electron chi connectivity index (χ0n) is 19.2. The van der Waals surface area contributed by atoms with E-state index in [1.165, 1.54) is 50.7 Å². The maximum absolute atomic E-state index is 13.3. The molecule has 192 valence electrons. The minimum absolute atomic E-state index is 0.0246. The fraction of sp³-hybridized carbons (Fsp3) is 0.160. The lowest BCUT2D eigenvalue weighted by atomic mass is 9.97. The highest BCUT2D eigenvalue weighted by Crippen LogP contribution is 2.44. The van der Waals surface area contributed by atoms with Crippen LogP contribution in [0.25, 0.3) is 5.76 Å². The Morgan fingerprint density at radius 3 is 2.27 bits per heavy atom. The van der Waals surface area contributed by atoms with Gasteiger partial charge in [-0.2, -0.15) is 0 Å². The van der Waals surface area contributed by atoms with E-state index >= 15 is 0 Å². The van der Waals surface area contributed by atoms with Gasteiger partial charge in [-0.25, -0.2) is 0 Å². The van der Waals surface area contributed by atoms with Crippen molar-refractivity contribution in [2.45, 2.75) is 12.4 Å². The van der Waals surface area contributed by atoms with Gasteiger partial charge in [-0.3, -0.25) is 19.5 Å². The summed E-state index contributed by atoms with van der Waals surface area (Å²) in [5, 5.41) is 11.5. The number of pyridine rings is 1. The minimum atomic E-state index is -4.90. The monoisotopic (exact) mass is 534 g/mol. The number of aromatic nitrogens is 1. The molecule has 1 aliphatic heterocycles. The molecule has 0 spiro atoms. The Balaban J connectivity index is 1.90. The summed E-state index contributed by atoms with van der Waals surface area (Å²) in [6.07, 6.45) is -3.47. The van der Waals surface area contributed by atoms with Gasteiger partial charge in [0.15, 0.2) is 0 Å². The molecule has 1 atom stereocenters. The van der Waals surface area contributed by atoms with Crippen molar-refractivity contribution < 1.29 is 42.1 Å². The summed E-state index contributed by atoms with van der Waals surface area (Å²) in [6.45, 7) is 0. The highest BCUT2D eigenvalue weighted by Gasteiger charge is 2.48. The molecule has 0 radical (unpaired) electrons. The van der Waals surface area contributed by atoms with Crippen LogP contribution in [0.1, 0.15) is 17.3 Å². The van der Waals surface area contributed by atoms with E-state index in [-0.39, 0.29) is 39.0 Å². The number of aliphatic hydroxyl groups is 1. The zero-order chi connectivity index (χ0) is 26.9. The van der Waals surface area contributed by atoms with Crippen LogP contribution in [-0.2, 0) is 9.59 Å². The van der Waals surface area contributed by atoms with E-state index in [0.29, 0.717) is 0 Å². The van der Waals surface area contributed by atoms with Crippen molar-refractivity contribution in [1.82, 2.24) is 4.98 Å². The van der Waals surface area contributed by atoms with Crippen molar-refractivity contribution in [1.29, 1.82) is 0 Å². The molecule has 12 heteroatoms. The number of ketones is 1. The van der Waals surface area contributed by atoms with Gasteiger partial charge in [0.05, 0.1) is 36.1 Å². The van der Waals surface area contributed by atoms with Gasteiger partial charge in [-0.15, -0.1) is 13.2 Å². The van der Waals surface area contributed by atoms with Crippen LogP contribution in [0.5, 0.6) is 17.2 Å². The van der Waals surface area contributed by atoms with Crippen molar-refractivity contribution in [3.8, 4) is 17.2 Å². The number of anilines is 1. The Hall–Kier alpha value is -4.25. The molecular formula is C25H18ClF3N2O6. The number of ether oxygens (including phenoxy) is 3. The van der Waals surface area contributed by atoms with E-state index in [9.17, 15) is 27.9 Å². The molecule has 1 aliphatic rings. The number of carbonyl (C=O) groups excluding carboxylic acids is 2. The topological polar surface area (TPSA) is 98.2 Å². The van der Waals surface area contributed by atoms with E-state index in [1.54, 1.807) is 12.1 Å². The number of rotatable bonds is 6. The molecular weight excluding hydrogens is 517 g/mol. The molecule has 1 fully saturated rings. The Bertz CT molecular complexity index is 1380. The summed E-state index contributed by atoms with van der Waals surface area (Å²) in [5.74, 6) is -2.89. The number of halogens is 4. The van der Waals surface area contributed by atoms with Crippen LogP contribution >= 0.6 is 11.6 Å². The number of hydrogen-bond acceptors (Lipinski definition) is 7. The first kappa shape index (κ1) is 25.8. The summed E-state index contributed by atoms with van der Waals surface area (Å²) >= 11 is 6.15. The Morgan fingerprint density at radius 1 is 1.03 bits per heavy atom. The molecule has 37 heavy (non-hydrogen) atoms. The molecule has 3 aromatic rings. The van der Waals surface area contributed by atoms with Crippen LogP contribution in [0.2, 0.25) is 5.02 Å². The largest absolute Gasteiger partial charge is 0.573 e. The highest BCUT2D eigenvalue weighted by molar-refractivity contribution is 6.51. The number of amides is 1. The number of aliphatic hydroxyl groups excluding tert-OH is 1. The second kappa shape index (κ2) is 10.0. The number of nitrogens with zero attached hydrogens (tertiary/aromatic N) is 2. The first-order valence-electron chi connectivity index (χ1n) is 10.6. The summed E-state index contributed by atoms with van der Waals surface area (Å²) in [5.41, 5.74) is 0.00402. The highest BCUT2D eigenvalue weighted by atomic mass is 35.5. The van der Waals surface area contributed by atoms with Crippen LogP contribution in [0, 0.1) is 0 Å². The fourth-order valence-electron chi connectivity index (χ4n) is 3.92. The first-order chi connectivity index (χ1) is 17.6. The van der Waals surface area contributed by atoms with Gasteiger partial charge in [-0.1, -0.05) is 17.7 Å². The van der Waals surface area contributed by atoms with E-state index in [4.69, 9.17) is 21.1 Å². The molecule has 1 N–H and O–H groups in total. The zero-order valence-corrected chi connectivity index (χ0v) is 20.0. The lowest BCUT2D eigenvalue weighted by molar-refractivity contribution is -0.274. The first-order valence-corrected chi connectivity index (χ1v) is 10.9. The van der Waals surface area contributed by atoms with Gasteiger partial charge in [0.2, 0.25) is 0 Å². The lowest BCUT2D eigenvalue weighted by Crippen LogP contribution is -2.29. The molecule has 0 aliphatic carbocycles. The smallest absolute Gasteiger partial charge is 0.507 e. The molecule has 8 nitrogen and oxygen atoms in total. The second-order valence-electron chi connectivity index (χ2n) is 7.65. The average Bonchev–Trinajstić information content (AvgIpc) is 3.13. The van der Waals surface area contributed by atoms with E-state index in [0.717, 1.165) is 17.0 Å². The molecule has 1 saturated heterocycles. The molecule has 2 heterocycles. The van der Waals surface area contributed by atoms with Gasteiger partial charge in [0.25, 0.3) is 11.7 Å². The lowest BCUT2D eigenvalue weighted by Gasteiger charge is -2.25. The Morgan fingerprint density at radius 2 is 1.70 bits per heavy atom. The molecule has 1 aromatic heterocycles. The van der Waals surface area contributed by atoms with Crippen molar-refractivity contribution in [3.63, 3.8) is 0 Å². The van der Waals surface area contributed by atoms with Gasteiger partial charge < -0.3 is 19.3 Å². The number of benzene rings is 2. The third-order valence-electron chi connectivity index (χ3n) is 5.49. The van der Waals surface area contributed by atoms with Gasteiger partial charge in [0, 0.05) is 18.0 Å². The summed E-state index contributed by atoms with van der Waals surface area (Å²) in [4.78, 5) is 31.7. The predicted octanol–water partition coefficient (Wildman–Crippen LogP) is 5.28. The molecule has 1 amide bonds.